The fraction of sp³-hybridized carbons (Fsp3) is 0.455. The van der Waals surface area contributed by atoms with E-state index in [2.05, 4.69) is 5.48 Å². The van der Waals surface area contributed by atoms with Gasteiger partial charge in [-0.3, -0.25) is 0 Å². The van der Waals surface area contributed by atoms with Crippen LogP contribution in [-0.4, -0.2) is 13.2 Å². The first-order valence-electron chi connectivity index (χ1n) is 5.11. The second-order valence-electron chi connectivity index (χ2n) is 3.72. The van der Waals surface area contributed by atoms with Gasteiger partial charge in [0.15, 0.2) is 0 Å². The van der Waals surface area contributed by atoms with Gasteiger partial charge in [-0.15, -0.1) is 0 Å². The Morgan fingerprint density at radius 2 is 2.25 bits per heavy atom. The fourth-order valence-corrected chi connectivity index (χ4v) is 1.65. The molecule has 0 amide bonds. The van der Waals surface area contributed by atoms with E-state index in [1.165, 1.54) is 19.2 Å². The van der Waals surface area contributed by atoms with Crippen LogP contribution in [0.25, 0.3) is 0 Å². The lowest BCUT2D eigenvalue weighted by Crippen LogP contribution is -2.13. The number of hydrogen-bond donors (Lipinski definition) is 1. The molecule has 0 radical (unpaired) electrons. The molecule has 0 unspecified atom stereocenters. The lowest BCUT2D eigenvalue weighted by atomic mass is 10.2. The molecule has 5 heteroatoms. The van der Waals surface area contributed by atoms with Crippen LogP contribution in [0.15, 0.2) is 12.1 Å². The maximum Gasteiger partial charge on any atom is 0.143 e. The summed E-state index contributed by atoms with van der Waals surface area (Å²) >= 11 is 5.95. The summed E-state index contributed by atoms with van der Waals surface area (Å²) in [5, 5.41) is 0.305. The molecule has 1 aliphatic rings. The SMILES string of the molecule is CONCc1cc(F)cc(Cl)c1OC1CC1. The van der Waals surface area contributed by atoms with Crippen LogP contribution in [0, 0.1) is 5.82 Å². The Hall–Kier alpha value is -0.840. The van der Waals surface area contributed by atoms with Crippen molar-refractivity contribution in [3.8, 4) is 5.75 Å². The summed E-state index contributed by atoms with van der Waals surface area (Å²) in [4.78, 5) is 4.73. The van der Waals surface area contributed by atoms with E-state index in [9.17, 15) is 4.39 Å². The van der Waals surface area contributed by atoms with Gasteiger partial charge in [0.2, 0.25) is 0 Å². The van der Waals surface area contributed by atoms with Gasteiger partial charge >= 0.3 is 0 Å². The first-order valence-corrected chi connectivity index (χ1v) is 5.49. The van der Waals surface area contributed by atoms with Gasteiger partial charge < -0.3 is 9.57 Å². The Morgan fingerprint density at radius 1 is 1.50 bits per heavy atom. The van der Waals surface area contributed by atoms with E-state index in [0.29, 0.717) is 22.9 Å². The highest BCUT2D eigenvalue weighted by molar-refractivity contribution is 6.32. The lowest BCUT2D eigenvalue weighted by Gasteiger charge is -2.13. The van der Waals surface area contributed by atoms with E-state index in [1.807, 2.05) is 0 Å². The van der Waals surface area contributed by atoms with E-state index in [0.717, 1.165) is 12.8 Å². The van der Waals surface area contributed by atoms with Crippen molar-refractivity contribution in [2.75, 3.05) is 7.11 Å². The van der Waals surface area contributed by atoms with E-state index < -0.39 is 0 Å². The zero-order chi connectivity index (χ0) is 11.5. The zero-order valence-corrected chi connectivity index (χ0v) is 9.68. The molecular weight excluding hydrogens is 233 g/mol. The Bertz CT molecular complexity index is 382. The normalized spacial score (nSPS) is 15.2. The molecule has 1 aliphatic carbocycles. The minimum Gasteiger partial charge on any atom is -0.489 e. The van der Waals surface area contributed by atoms with Gasteiger partial charge in [0, 0.05) is 12.1 Å². The Kier molecular flexibility index (Phi) is 3.63. The molecule has 1 fully saturated rings. The molecule has 0 bridgehead atoms. The average Bonchev–Trinajstić information content (AvgIpc) is 3.03. The number of rotatable bonds is 5. The van der Waals surface area contributed by atoms with E-state index >= 15 is 0 Å². The van der Waals surface area contributed by atoms with Crippen molar-refractivity contribution in [2.24, 2.45) is 0 Å². The number of benzene rings is 1. The highest BCUT2D eigenvalue weighted by Gasteiger charge is 2.26. The molecule has 0 saturated heterocycles. The molecule has 0 aromatic heterocycles. The third-order valence-electron chi connectivity index (χ3n) is 2.30. The minimum absolute atomic E-state index is 0.226. The van der Waals surface area contributed by atoms with Gasteiger partial charge in [0.1, 0.15) is 11.6 Å². The van der Waals surface area contributed by atoms with Crippen LogP contribution < -0.4 is 10.2 Å². The molecule has 16 heavy (non-hydrogen) atoms. The van der Waals surface area contributed by atoms with Crippen LogP contribution in [0.3, 0.4) is 0 Å². The molecule has 1 aromatic rings. The number of hydrogen-bond acceptors (Lipinski definition) is 3. The Balaban J connectivity index is 2.22. The number of nitrogens with one attached hydrogen (secondary N) is 1. The molecule has 0 heterocycles. The summed E-state index contributed by atoms with van der Waals surface area (Å²) in [6.45, 7) is 0.357. The summed E-state index contributed by atoms with van der Waals surface area (Å²) in [5.41, 5.74) is 3.31. The van der Waals surface area contributed by atoms with E-state index in [-0.39, 0.29) is 11.9 Å². The maximum absolute atomic E-state index is 13.2. The third-order valence-corrected chi connectivity index (χ3v) is 2.58. The maximum atomic E-state index is 13.2. The molecular formula is C11H13ClFNO2. The predicted molar refractivity (Wildman–Crippen MR) is 58.9 cm³/mol. The quantitative estimate of drug-likeness (QED) is 0.809. The van der Waals surface area contributed by atoms with Crippen molar-refractivity contribution in [1.29, 1.82) is 0 Å². The number of halogens is 2. The molecule has 1 N–H and O–H groups in total. The molecule has 0 atom stereocenters. The summed E-state index contributed by atoms with van der Waals surface area (Å²) < 4.78 is 18.8. The van der Waals surface area contributed by atoms with Gasteiger partial charge in [0.25, 0.3) is 0 Å². The highest BCUT2D eigenvalue weighted by Crippen LogP contribution is 2.35. The highest BCUT2D eigenvalue weighted by atomic mass is 35.5. The largest absolute Gasteiger partial charge is 0.489 e. The molecule has 0 spiro atoms. The van der Waals surface area contributed by atoms with Crippen LogP contribution in [0.1, 0.15) is 18.4 Å². The Labute approximate surface area is 98.5 Å². The van der Waals surface area contributed by atoms with Crippen molar-refractivity contribution >= 4 is 11.6 Å². The number of hydroxylamine groups is 1. The van der Waals surface area contributed by atoms with Crippen molar-refractivity contribution < 1.29 is 14.0 Å². The molecule has 1 saturated carbocycles. The molecule has 3 nitrogen and oxygen atoms in total. The summed E-state index contributed by atoms with van der Waals surface area (Å²) in [5.74, 6) is 0.177. The standard InChI is InChI=1S/C11H13ClFNO2/c1-15-14-6-7-4-8(13)5-10(12)11(7)16-9-2-3-9/h4-5,9,14H,2-3,6H2,1H3. The zero-order valence-electron chi connectivity index (χ0n) is 8.93. The van der Waals surface area contributed by atoms with E-state index in [1.54, 1.807) is 0 Å². The fourth-order valence-electron chi connectivity index (χ4n) is 1.38. The number of ether oxygens (including phenoxy) is 1. The predicted octanol–water partition coefficient (Wildman–Crippen LogP) is 2.67. The van der Waals surface area contributed by atoms with Crippen molar-refractivity contribution in [3.05, 3.63) is 28.5 Å². The van der Waals surface area contributed by atoms with Crippen LogP contribution in [-0.2, 0) is 11.4 Å². The smallest absolute Gasteiger partial charge is 0.143 e. The second kappa shape index (κ2) is 4.99. The molecule has 2 rings (SSSR count). The monoisotopic (exact) mass is 245 g/mol. The van der Waals surface area contributed by atoms with Gasteiger partial charge in [0.05, 0.1) is 18.2 Å². The minimum atomic E-state index is -0.374. The topological polar surface area (TPSA) is 30.5 Å². The third kappa shape index (κ3) is 2.84. The lowest BCUT2D eigenvalue weighted by molar-refractivity contribution is 0.0858. The molecule has 0 aliphatic heterocycles. The van der Waals surface area contributed by atoms with Gasteiger partial charge in [-0.05, 0) is 25.0 Å². The van der Waals surface area contributed by atoms with Crippen molar-refractivity contribution in [2.45, 2.75) is 25.5 Å². The van der Waals surface area contributed by atoms with E-state index in [4.69, 9.17) is 21.2 Å². The van der Waals surface area contributed by atoms with Crippen LogP contribution in [0.5, 0.6) is 5.75 Å². The first kappa shape index (κ1) is 11.6. The van der Waals surface area contributed by atoms with Gasteiger partial charge in [-0.1, -0.05) is 11.6 Å². The van der Waals surface area contributed by atoms with Gasteiger partial charge in [-0.2, -0.15) is 5.48 Å². The molecule has 1 aromatic carbocycles. The average molecular weight is 246 g/mol. The van der Waals surface area contributed by atoms with Crippen molar-refractivity contribution in [1.82, 2.24) is 5.48 Å². The van der Waals surface area contributed by atoms with Gasteiger partial charge in [-0.25, -0.2) is 4.39 Å². The van der Waals surface area contributed by atoms with Crippen LogP contribution in [0.4, 0.5) is 4.39 Å². The Morgan fingerprint density at radius 3 is 2.88 bits per heavy atom. The molecule has 88 valence electrons. The summed E-state index contributed by atoms with van der Waals surface area (Å²) in [6, 6.07) is 2.66. The second-order valence-corrected chi connectivity index (χ2v) is 4.13. The summed E-state index contributed by atoms with van der Waals surface area (Å²) in [6.07, 6.45) is 2.29. The van der Waals surface area contributed by atoms with Crippen molar-refractivity contribution in [3.63, 3.8) is 0 Å². The van der Waals surface area contributed by atoms with Crippen LogP contribution >= 0.6 is 11.6 Å². The first-order chi connectivity index (χ1) is 7.70. The summed E-state index contributed by atoms with van der Waals surface area (Å²) in [7, 11) is 1.50. The van der Waals surface area contributed by atoms with Crippen LogP contribution in [0.2, 0.25) is 5.02 Å².